The van der Waals surface area contributed by atoms with E-state index in [0.29, 0.717) is 22.2 Å². The Hall–Kier alpha value is -2.72. The number of hydrogen-bond acceptors (Lipinski definition) is 3. The summed E-state index contributed by atoms with van der Waals surface area (Å²) in [7, 11) is 1.54. The van der Waals surface area contributed by atoms with Crippen LogP contribution in [0.4, 0.5) is 5.69 Å². The molecule has 0 heterocycles. The van der Waals surface area contributed by atoms with Crippen molar-refractivity contribution in [1.29, 1.82) is 0 Å². The molecule has 128 valence electrons. The van der Waals surface area contributed by atoms with Crippen LogP contribution in [-0.4, -0.2) is 19.1 Å². The van der Waals surface area contributed by atoms with Crippen LogP contribution in [0.5, 0.6) is 11.5 Å². The molecule has 5 heteroatoms. The first-order valence-corrected chi connectivity index (χ1v) is 8.24. The van der Waals surface area contributed by atoms with Gasteiger partial charge in [0.2, 0.25) is 0 Å². The fourth-order valence-corrected chi connectivity index (χ4v) is 2.74. The number of amides is 1. The molecule has 3 aromatic rings. The van der Waals surface area contributed by atoms with E-state index in [0.717, 1.165) is 10.8 Å². The second-order valence-electron chi connectivity index (χ2n) is 5.61. The van der Waals surface area contributed by atoms with Crippen molar-refractivity contribution in [2.24, 2.45) is 0 Å². The van der Waals surface area contributed by atoms with Gasteiger partial charge in [0.1, 0.15) is 11.5 Å². The van der Waals surface area contributed by atoms with Crippen LogP contribution in [0.25, 0.3) is 10.8 Å². The highest BCUT2D eigenvalue weighted by atomic mass is 35.5. The normalized spacial score (nSPS) is 11.8. The van der Waals surface area contributed by atoms with Gasteiger partial charge in [0.15, 0.2) is 6.10 Å². The van der Waals surface area contributed by atoms with Gasteiger partial charge in [-0.2, -0.15) is 0 Å². The molecule has 3 rings (SSSR count). The first kappa shape index (κ1) is 17.1. The molecule has 0 bridgehead atoms. The van der Waals surface area contributed by atoms with E-state index in [9.17, 15) is 4.79 Å². The maximum atomic E-state index is 12.3. The molecular weight excluding hydrogens is 338 g/mol. The van der Waals surface area contributed by atoms with Gasteiger partial charge in [0.05, 0.1) is 12.1 Å². The van der Waals surface area contributed by atoms with Crippen LogP contribution in [-0.2, 0) is 4.79 Å². The molecule has 0 spiro atoms. The Morgan fingerprint density at radius 1 is 1.04 bits per heavy atom. The molecule has 0 aliphatic rings. The van der Waals surface area contributed by atoms with Gasteiger partial charge in [-0.15, -0.1) is 0 Å². The van der Waals surface area contributed by atoms with E-state index in [1.54, 1.807) is 32.2 Å². The fraction of sp³-hybridized carbons (Fsp3) is 0.150. The van der Waals surface area contributed by atoms with Crippen molar-refractivity contribution in [3.05, 3.63) is 65.7 Å². The lowest BCUT2D eigenvalue weighted by atomic mass is 10.1. The van der Waals surface area contributed by atoms with Crippen LogP contribution in [0.15, 0.2) is 60.7 Å². The van der Waals surface area contributed by atoms with E-state index in [-0.39, 0.29) is 5.91 Å². The minimum Gasteiger partial charge on any atom is -0.495 e. The van der Waals surface area contributed by atoms with Crippen molar-refractivity contribution in [1.82, 2.24) is 0 Å². The highest BCUT2D eigenvalue weighted by molar-refractivity contribution is 6.32. The van der Waals surface area contributed by atoms with Crippen LogP contribution in [0.3, 0.4) is 0 Å². The van der Waals surface area contributed by atoms with E-state index in [2.05, 4.69) is 5.32 Å². The molecule has 0 saturated heterocycles. The second kappa shape index (κ2) is 7.45. The second-order valence-corrected chi connectivity index (χ2v) is 6.01. The smallest absolute Gasteiger partial charge is 0.265 e. The Bertz CT molecular complexity index is 910. The summed E-state index contributed by atoms with van der Waals surface area (Å²) in [6, 6.07) is 18.8. The lowest BCUT2D eigenvalue weighted by Crippen LogP contribution is -2.30. The van der Waals surface area contributed by atoms with Crippen molar-refractivity contribution in [3.63, 3.8) is 0 Å². The van der Waals surface area contributed by atoms with Crippen LogP contribution in [0.1, 0.15) is 6.92 Å². The lowest BCUT2D eigenvalue weighted by Gasteiger charge is -2.15. The molecule has 0 radical (unpaired) electrons. The molecule has 3 aromatic carbocycles. The number of carbonyl (C=O) groups excluding carboxylic acids is 1. The lowest BCUT2D eigenvalue weighted by molar-refractivity contribution is -0.122. The summed E-state index contributed by atoms with van der Waals surface area (Å²) in [4.78, 5) is 12.3. The van der Waals surface area contributed by atoms with Crippen molar-refractivity contribution in [2.75, 3.05) is 12.4 Å². The van der Waals surface area contributed by atoms with Gasteiger partial charge in [-0.25, -0.2) is 0 Å². The number of ether oxygens (including phenoxy) is 2. The number of fused-ring (bicyclic) bond motifs is 1. The van der Waals surface area contributed by atoms with Gasteiger partial charge in [0.25, 0.3) is 5.91 Å². The van der Waals surface area contributed by atoms with Crippen molar-refractivity contribution in [2.45, 2.75) is 13.0 Å². The van der Waals surface area contributed by atoms with E-state index in [4.69, 9.17) is 21.1 Å². The molecule has 0 unspecified atom stereocenters. The van der Waals surface area contributed by atoms with Crippen LogP contribution >= 0.6 is 11.6 Å². The zero-order chi connectivity index (χ0) is 17.8. The van der Waals surface area contributed by atoms with E-state index < -0.39 is 6.10 Å². The largest absolute Gasteiger partial charge is 0.495 e. The van der Waals surface area contributed by atoms with Crippen LogP contribution in [0, 0.1) is 0 Å². The maximum Gasteiger partial charge on any atom is 0.265 e. The summed E-state index contributed by atoms with van der Waals surface area (Å²) in [5.41, 5.74) is 0.588. The van der Waals surface area contributed by atoms with Gasteiger partial charge in [0, 0.05) is 5.69 Å². The summed E-state index contributed by atoms with van der Waals surface area (Å²) in [5.74, 6) is 0.948. The van der Waals surface area contributed by atoms with E-state index in [1.165, 1.54) is 0 Å². The standard InChI is InChI=1S/C20H18ClNO3/c1-13(20(23)22-16-8-10-19(24-2)18(21)12-16)25-17-9-7-14-5-3-4-6-15(14)11-17/h3-13H,1-2H3,(H,22,23)/t13-/m0/s1. The number of hydrogen-bond donors (Lipinski definition) is 1. The average molecular weight is 356 g/mol. The summed E-state index contributed by atoms with van der Waals surface area (Å²) in [5, 5.41) is 5.41. The average Bonchev–Trinajstić information content (AvgIpc) is 2.61. The molecule has 4 nitrogen and oxygen atoms in total. The van der Waals surface area contributed by atoms with Gasteiger partial charge in [-0.05, 0) is 48.0 Å². The van der Waals surface area contributed by atoms with Gasteiger partial charge < -0.3 is 14.8 Å². The van der Waals surface area contributed by atoms with Crippen LogP contribution < -0.4 is 14.8 Å². The molecule has 25 heavy (non-hydrogen) atoms. The fourth-order valence-electron chi connectivity index (χ4n) is 2.49. The third kappa shape index (κ3) is 4.03. The van der Waals surface area contributed by atoms with Crippen molar-refractivity contribution < 1.29 is 14.3 Å². The highest BCUT2D eigenvalue weighted by Crippen LogP contribution is 2.27. The summed E-state index contributed by atoms with van der Waals surface area (Å²) in [6.45, 7) is 1.70. The van der Waals surface area contributed by atoms with Crippen molar-refractivity contribution in [3.8, 4) is 11.5 Å². The molecule has 1 N–H and O–H groups in total. The predicted octanol–water partition coefficient (Wildman–Crippen LogP) is 4.91. The maximum absolute atomic E-state index is 12.3. The Morgan fingerprint density at radius 3 is 2.52 bits per heavy atom. The summed E-state index contributed by atoms with van der Waals surface area (Å²) >= 11 is 6.07. The van der Waals surface area contributed by atoms with Gasteiger partial charge in [-0.3, -0.25) is 4.79 Å². The van der Waals surface area contributed by atoms with Gasteiger partial charge in [-0.1, -0.05) is 41.9 Å². The van der Waals surface area contributed by atoms with E-state index in [1.807, 2.05) is 42.5 Å². The quantitative estimate of drug-likeness (QED) is 0.707. The third-order valence-corrected chi connectivity index (χ3v) is 4.12. The van der Waals surface area contributed by atoms with Crippen LogP contribution in [0.2, 0.25) is 5.02 Å². The molecule has 0 aliphatic carbocycles. The highest BCUT2D eigenvalue weighted by Gasteiger charge is 2.15. The third-order valence-electron chi connectivity index (χ3n) is 3.82. The van der Waals surface area contributed by atoms with E-state index >= 15 is 0 Å². The molecule has 1 atom stereocenters. The zero-order valence-corrected chi connectivity index (χ0v) is 14.7. The molecular formula is C20H18ClNO3. The number of carbonyl (C=O) groups is 1. The predicted molar refractivity (Wildman–Crippen MR) is 101 cm³/mol. The first-order chi connectivity index (χ1) is 12.1. The first-order valence-electron chi connectivity index (χ1n) is 7.86. The van der Waals surface area contributed by atoms with Crippen molar-refractivity contribution >= 4 is 34.0 Å². The summed E-state index contributed by atoms with van der Waals surface area (Å²) < 4.78 is 10.9. The Morgan fingerprint density at radius 2 is 1.80 bits per heavy atom. The number of benzene rings is 3. The Kier molecular flexibility index (Phi) is 5.10. The number of rotatable bonds is 5. The number of nitrogens with one attached hydrogen (secondary N) is 1. The molecule has 0 aliphatic heterocycles. The number of methoxy groups -OCH3 is 1. The monoisotopic (exact) mass is 355 g/mol. The molecule has 0 saturated carbocycles. The zero-order valence-electron chi connectivity index (χ0n) is 14.0. The topological polar surface area (TPSA) is 47.6 Å². The SMILES string of the molecule is COc1ccc(NC(=O)[C@H](C)Oc2ccc3ccccc3c2)cc1Cl. The Labute approximate surface area is 151 Å². The Balaban J connectivity index is 1.68. The van der Waals surface area contributed by atoms with Gasteiger partial charge >= 0.3 is 0 Å². The number of halogens is 1. The minimum absolute atomic E-state index is 0.255. The molecule has 1 amide bonds. The summed E-state index contributed by atoms with van der Waals surface area (Å²) in [6.07, 6.45) is -0.651. The molecule has 0 fully saturated rings. The molecule has 0 aromatic heterocycles. The number of anilines is 1. The minimum atomic E-state index is -0.651.